The van der Waals surface area contributed by atoms with Gasteiger partial charge in [-0.25, -0.2) is 0 Å². The molecule has 0 amide bonds. The topological polar surface area (TPSA) is 29.3 Å². The minimum Gasteiger partial charge on any atom is -0.330 e. The lowest BCUT2D eigenvalue weighted by molar-refractivity contribution is 0.262. The molecule has 2 saturated heterocycles. The summed E-state index contributed by atoms with van der Waals surface area (Å²) in [7, 11) is 0. The average molecular weight is 186 g/mol. The predicted molar refractivity (Wildman–Crippen MR) is 54.5 cm³/mol. The molecule has 0 aromatic heterocycles. The quantitative estimate of drug-likeness (QED) is 0.706. The van der Waals surface area contributed by atoms with Crippen LogP contribution < -0.4 is 5.73 Å². The first-order valence-corrected chi connectivity index (χ1v) is 6.07. The van der Waals surface area contributed by atoms with Crippen molar-refractivity contribution in [3.05, 3.63) is 0 Å². The number of hydrogen-bond acceptors (Lipinski definition) is 3. The molecule has 1 unspecified atom stereocenters. The van der Waals surface area contributed by atoms with Crippen molar-refractivity contribution in [3.8, 4) is 0 Å². The van der Waals surface area contributed by atoms with Gasteiger partial charge in [0.2, 0.25) is 0 Å². The van der Waals surface area contributed by atoms with E-state index in [1.807, 2.05) is 0 Å². The molecule has 0 aliphatic carbocycles. The highest BCUT2D eigenvalue weighted by atomic mass is 32.2. The Kier molecular flexibility index (Phi) is 2.94. The van der Waals surface area contributed by atoms with Crippen LogP contribution in [0.5, 0.6) is 0 Å². The van der Waals surface area contributed by atoms with Gasteiger partial charge in [-0.15, -0.1) is 0 Å². The van der Waals surface area contributed by atoms with Crippen LogP contribution in [-0.2, 0) is 0 Å². The molecule has 2 aliphatic heterocycles. The number of likely N-dealkylation sites (tertiary alicyclic amines) is 1. The molecule has 2 rings (SSSR count). The van der Waals surface area contributed by atoms with Crippen molar-refractivity contribution in [1.29, 1.82) is 0 Å². The zero-order chi connectivity index (χ0) is 8.39. The number of nitrogens with zero attached hydrogens (tertiary/aromatic N) is 1. The van der Waals surface area contributed by atoms with Gasteiger partial charge in [-0.3, -0.25) is 4.90 Å². The Bertz CT molecular complexity index is 147. The van der Waals surface area contributed by atoms with Gasteiger partial charge in [0, 0.05) is 24.1 Å². The van der Waals surface area contributed by atoms with Crippen LogP contribution in [0, 0.1) is 5.92 Å². The normalized spacial score (nSPS) is 32.2. The Balaban J connectivity index is 1.73. The summed E-state index contributed by atoms with van der Waals surface area (Å²) in [6.07, 6.45) is 2.62. The fourth-order valence-corrected chi connectivity index (χ4v) is 2.97. The van der Waals surface area contributed by atoms with E-state index < -0.39 is 0 Å². The lowest BCUT2D eigenvalue weighted by Crippen LogP contribution is -2.42. The van der Waals surface area contributed by atoms with E-state index in [1.54, 1.807) is 0 Å². The van der Waals surface area contributed by atoms with Crippen molar-refractivity contribution in [2.75, 3.05) is 31.1 Å². The second-order valence-electron chi connectivity index (χ2n) is 3.92. The highest BCUT2D eigenvalue weighted by Gasteiger charge is 2.31. The van der Waals surface area contributed by atoms with Crippen LogP contribution in [0.3, 0.4) is 0 Å². The van der Waals surface area contributed by atoms with Crippen LogP contribution in [0.15, 0.2) is 0 Å². The van der Waals surface area contributed by atoms with E-state index in [1.165, 1.54) is 37.4 Å². The summed E-state index contributed by atoms with van der Waals surface area (Å²) in [5.41, 5.74) is 5.55. The summed E-state index contributed by atoms with van der Waals surface area (Å²) in [5, 5.41) is 0. The summed E-state index contributed by atoms with van der Waals surface area (Å²) in [4.78, 5) is 2.66. The first-order valence-electron chi connectivity index (χ1n) is 4.92. The Hall–Kier alpha value is 0.270. The average Bonchev–Trinajstić information content (AvgIpc) is 2.34. The minimum absolute atomic E-state index is 0.873. The molecule has 0 spiro atoms. The molecule has 0 aromatic carbocycles. The van der Waals surface area contributed by atoms with Crippen LogP contribution in [0.2, 0.25) is 0 Å². The third kappa shape index (κ3) is 1.78. The van der Waals surface area contributed by atoms with Crippen molar-refractivity contribution in [2.45, 2.75) is 18.9 Å². The summed E-state index contributed by atoms with van der Waals surface area (Å²) in [6.45, 7) is 3.52. The van der Waals surface area contributed by atoms with E-state index in [9.17, 15) is 0 Å². The molecule has 2 nitrogen and oxygen atoms in total. The highest BCUT2D eigenvalue weighted by Crippen LogP contribution is 2.29. The van der Waals surface area contributed by atoms with Gasteiger partial charge >= 0.3 is 0 Å². The molecule has 2 fully saturated rings. The van der Waals surface area contributed by atoms with Crippen LogP contribution >= 0.6 is 11.8 Å². The van der Waals surface area contributed by atoms with Crippen molar-refractivity contribution in [2.24, 2.45) is 11.7 Å². The van der Waals surface area contributed by atoms with Crippen molar-refractivity contribution in [1.82, 2.24) is 4.90 Å². The molecule has 3 heteroatoms. The van der Waals surface area contributed by atoms with E-state index in [0.29, 0.717) is 0 Å². The largest absolute Gasteiger partial charge is 0.330 e. The summed E-state index contributed by atoms with van der Waals surface area (Å²) in [5.74, 6) is 3.64. The minimum atomic E-state index is 0.873. The molecule has 0 bridgehead atoms. The van der Waals surface area contributed by atoms with Gasteiger partial charge in [0.1, 0.15) is 0 Å². The van der Waals surface area contributed by atoms with Gasteiger partial charge < -0.3 is 5.73 Å². The number of rotatable bonds is 3. The zero-order valence-electron chi connectivity index (χ0n) is 7.54. The van der Waals surface area contributed by atoms with E-state index in [4.69, 9.17) is 5.73 Å². The second-order valence-corrected chi connectivity index (χ2v) is 4.99. The van der Waals surface area contributed by atoms with Gasteiger partial charge in [0.25, 0.3) is 0 Å². The van der Waals surface area contributed by atoms with Crippen molar-refractivity contribution in [3.63, 3.8) is 0 Å². The molecule has 2 heterocycles. The molecule has 12 heavy (non-hydrogen) atoms. The maximum Gasteiger partial charge on any atom is 0.0277 e. The van der Waals surface area contributed by atoms with Gasteiger partial charge in [0.05, 0.1) is 0 Å². The molecular weight excluding hydrogens is 168 g/mol. The standard InChI is InChI=1S/C9H18N2S/c10-3-1-8-2-4-11(5-8)9-6-12-7-9/h8-9H,1-7,10H2. The molecule has 2 aliphatic rings. The maximum atomic E-state index is 5.55. The Morgan fingerprint density at radius 2 is 2.25 bits per heavy atom. The van der Waals surface area contributed by atoms with E-state index in [2.05, 4.69) is 16.7 Å². The summed E-state index contributed by atoms with van der Waals surface area (Å²) < 4.78 is 0. The smallest absolute Gasteiger partial charge is 0.0277 e. The molecule has 0 radical (unpaired) electrons. The lowest BCUT2D eigenvalue weighted by atomic mass is 10.1. The number of hydrogen-bond donors (Lipinski definition) is 1. The van der Waals surface area contributed by atoms with E-state index >= 15 is 0 Å². The Morgan fingerprint density at radius 1 is 1.42 bits per heavy atom. The van der Waals surface area contributed by atoms with E-state index in [-0.39, 0.29) is 0 Å². The SMILES string of the molecule is NCCC1CCN(C2CSC2)C1. The van der Waals surface area contributed by atoms with Gasteiger partial charge in [-0.1, -0.05) is 0 Å². The van der Waals surface area contributed by atoms with Crippen LogP contribution in [0.4, 0.5) is 0 Å². The summed E-state index contributed by atoms with van der Waals surface area (Å²) >= 11 is 2.08. The molecule has 0 aromatic rings. The third-order valence-corrected chi connectivity index (χ3v) is 4.27. The van der Waals surface area contributed by atoms with Gasteiger partial charge in [-0.05, 0) is 31.8 Å². The maximum absolute atomic E-state index is 5.55. The molecule has 1 atom stereocenters. The van der Waals surface area contributed by atoms with Gasteiger partial charge in [-0.2, -0.15) is 11.8 Å². The zero-order valence-corrected chi connectivity index (χ0v) is 8.35. The number of thioether (sulfide) groups is 1. The number of nitrogens with two attached hydrogens (primary N) is 1. The van der Waals surface area contributed by atoms with Crippen LogP contribution in [0.25, 0.3) is 0 Å². The Morgan fingerprint density at radius 3 is 2.83 bits per heavy atom. The molecular formula is C9H18N2S. The molecule has 0 saturated carbocycles. The first-order chi connectivity index (χ1) is 5.90. The van der Waals surface area contributed by atoms with Crippen LogP contribution in [0.1, 0.15) is 12.8 Å². The lowest BCUT2D eigenvalue weighted by Gasteiger charge is -2.34. The van der Waals surface area contributed by atoms with Crippen molar-refractivity contribution >= 4 is 11.8 Å². The molecule has 70 valence electrons. The second kappa shape index (κ2) is 3.99. The van der Waals surface area contributed by atoms with Crippen LogP contribution in [-0.4, -0.2) is 42.1 Å². The monoisotopic (exact) mass is 186 g/mol. The fraction of sp³-hybridized carbons (Fsp3) is 1.00. The Labute approximate surface area is 78.9 Å². The predicted octanol–water partition coefficient (Wildman–Crippen LogP) is 0.772. The molecule has 2 N–H and O–H groups in total. The summed E-state index contributed by atoms with van der Waals surface area (Å²) in [6, 6.07) is 0.915. The van der Waals surface area contributed by atoms with Gasteiger partial charge in [0.15, 0.2) is 0 Å². The highest BCUT2D eigenvalue weighted by molar-refractivity contribution is 8.00. The third-order valence-electron chi connectivity index (χ3n) is 3.03. The first kappa shape index (κ1) is 8.85. The fourth-order valence-electron chi connectivity index (χ4n) is 2.10. The van der Waals surface area contributed by atoms with E-state index in [0.717, 1.165) is 18.5 Å². The van der Waals surface area contributed by atoms with Crippen molar-refractivity contribution < 1.29 is 0 Å².